The van der Waals surface area contributed by atoms with E-state index in [0.29, 0.717) is 17.1 Å². The molecule has 0 aromatic heterocycles. The van der Waals surface area contributed by atoms with E-state index >= 15 is 0 Å². The number of ether oxygens (including phenoxy) is 2. The van der Waals surface area contributed by atoms with E-state index < -0.39 is 11.6 Å². The number of benzene rings is 2. The lowest BCUT2D eigenvalue weighted by Gasteiger charge is -2.17. The molecular formula is C16H17F2NO2. The zero-order chi connectivity index (χ0) is 15.4. The Morgan fingerprint density at radius 1 is 0.905 bits per heavy atom. The molecule has 1 unspecified atom stereocenters. The summed E-state index contributed by atoms with van der Waals surface area (Å²) >= 11 is 0. The quantitative estimate of drug-likeness (QED) is 0.898. The highest BCUT2D eigenvalue weighted by atomic mass is 19.1. The van der Waals surface area contributed by atoms with E-state index in [9.17, 15) is 8.78 Å². The van der Waals surface area contributed by atoms with E-state index in [4.69, 9.17) is 9.47 Å². The molecule has 0 fully saturated rings. The van der Waals surface area contributed by atoms with Crippen LogP contribution in [0.5, 0.6) is 11.5 Å². The summed E-state index contributed by atoms with van der Waals surface area (Å²) in [4.78, 5) is 0. The zero-order valence-electron chi connectivity index (χ0n) is 12.1. The van der Waals surface area contributed by atoms with Crippen LogP contribution in [-0.4, -0.2) is 14.2 Å². The van der Waals surface area contributed by atoms with Crippen molar-refractivity contribution in [3.63, 3.8) is 0 Å². The Labute approximate surface area is 122 Å². The number of hydrogen-bond donors (Lipinski definition) is 1. The lowest BCUT2D eigenvalue weighted by atomic mass is 10.1. The maximum Gasteiger partial charge on any atom is 0.162 e. The van der Waals surface area contributed by atoms with Gasteiger partial charge in [-0.1, -0.05) is 0 Å². The van der Waals surface area contributed by atoms with Gasteiger partial charge in [-0.3, -0.25) is 0 Å². The second-order valence-corrected chi connectivity index (χ2v) is 4.64. The molecule has 2 aromatic rings. The Balaban J connectivity index is 2.20. The molecule has 112 valence electrons. The summed E-state index contributed by atoms with van der Waals surface area (Å²) < 4.78 is 36.9. The molecule has 0 aliphatic carbocycles. The number of anilines is 1. The molecule has 0 heterocycles. The van der Waals surface area contributed by atoms with Gasteiger partial charge in [0.2, 0.25) is 0 Å². The van der Waals surface area contributed by atoms with Gasteiger partial charge in [0.05, 0.1) is 14.2 Å². The molecular weight excluding hydrogens is 276 g/mol. The van der Waals surface area contributed by atoms with Crippen LogP contribution in [0.1, 0.15) is 18.5 Å². The summed E-state index contributed by atoms with van der Waals surface area (Å²) in [5.41, 5.74) is 1.30. The minimum Gasteiger partial charge on any atom is -0.493 e. The van der Waals surface area contributed by atoms with Crippen molar-refractivity contribution in [3.05, 3.63) is 53.6 Å². The molecule has 2 rings (SSSR count). The van der Waals surface area contributed by atoms with Crippen LogP contribution >= 0.6 is 0 Å². The van der Waals surface area contributed by atoms with Gasteiger partial charge < -0.3 is 14.8 Å². The predicted molar refractivity (Wildman–Crippen MR) is 77.9 cm³/mol. The smallest absolute Gasteiger partial charge is 0.162 e. The van der Waals surface area contributed by atoms with Gasteiger partial charge in [-0.05, 0) is 36.8 Å². The van der Waals surface area contributed by atoms with Crippen molar-refractivity contribution < 1.29 is 18.3 Å². The van der Waals surface area contributed by atoms with Crippen molar-refractivity contribution >= 4 is 5.69 Å². The molecule has 0 aliphatic rings. The summed E-state index contributed by atoms with van der Waals surface area (Å²) in [6.07, 6.45) is 0. The highest BCUT2D eigenvalue weighted by Gasteiger charge is 2.10. The van der Waals surface area contributed by atoms with Crippen LogP contribution in [0.3, 0.4) is 0 Å². The van der Waals surface area contributed by atoms with Crippen LogP contribution < -0.4 is 14.8 Å². The first-order chi connectivity index (χ1) is 10.0. The molecule has 0 spiro atoms. The average Bonchev–Trinajstić information content (AvgIpc) is 2.46. The van der Waals surface area contributed by atoms with E-state index in [2.05, 4.69) is 5.32 Å². The van der Waals surface area contributed by atoms with Gasteiger partial charge in [-0.15, -0.1) is 0 Å². The summed E-state index contributed by atoms with van der Waals surface area (Å²) in [7, 11) is 3.11. The normalized spacial score (nSPS) is 11.9. The van der Waals surface area contributed by atoms with Gasteiger partial charge in [0.1, 0.15) is 11.6 Å². The molecule has 0 saturated heterocycles. The third kappa shape index (κ3) is 3.62. The van der Waals surface area contributed by atoms with Crippen LogP contribution in [0.2, 0.25) is 0 Å². The number of rotatable bonds is 5. The Bertz CT molecular complexity index is 611. The minimum absolute atomic E-state index is 0.256. The van der Waals surface area contributed by atoms with Crippen molar-refractivity contribution in [3.8, 4) is 11.5 Å². The third-order valence-corrected chi connectivity index (χ3v) is 3.15. The Morgan fingerprint density at radius 3 is 2.10 bits per heavy atom. The largest absolute Gasteiger partial charge is 0.493 e. The lowest BCUT2D eigenvalue weighted by Crippen LogP contribution is -2.07. The fourth-order valence-electron chi connectivity index (χ4n) is 2.08. The van der Waals surface area contributed by atoms with Gasteiger partial charge in [-0.2, -0.15) is 0 Å². The molecule has 2 aromatic carbocycles. The van der Waals surface area contributed by atoms with Crippen LogP contribution in [0, 0.1) is 11.6 Å². The maximum atomic E-state index is 13.2. The molecule has 0 saturated carbocycles. The number of nitrogens with one attached hydrogen (secondary N) is 1. The van der Waals surface area contributed by atoms with Crippen LogP contribution in [0.25, 0.3) is 0 Å². The summed E-state index contributed by atoms with van der Waals surface area (Å²) in [6, 6.07) is 8.56. The molecule has 1 N–H and O–H groups in total. The summed E-state index contributed by atoms with van der Waals surface area (Å²) in [5, 5.41) is 3.17. The number of methoxy groups -OCH3 is 2. The number of halogens is 2. The molecule has 0 aliphatic heterocycles. The predicted octanol–water partition coefficient (Wildman–Crippen LogP) is 4.16. The highest BCUT2D eigenvalue weighted by Crippen LogP contribution is 2.31. The first-order valence-corrected chi connectivity index (χ1v) is 6.48. The monoisotopic (exact) mass is 293 g/mol. The van der Waals surface area contributed by atoms with Gasteiger partial charge >= 0.3 is 0 Å². The van der Waals surface area contributed by atoms with E-state index in [-0.39, 0.29) is 6.04 Å². The van der Waals surface area contributed by atoms with Crippen molar-refractivity contribution in [1.82, 2.24) is 0 Å². The van der Waals surface area contributed by atoms with Crippen LogP contribution in [0.4, 0.5) is 14.5 Å². The van der Waals surface area contributed by atoms with Gasteiger partial charge in [0.15, 0.2) is 11.5 Å². The van der Waals surface area contributed by atoms with Gasteiger partial charge in [0, 0.05) is 23.9 Å². The standard InChI is InChI=1S/C16H17F2NO2/c1-10(11-6-12(17)8-13(18)7-11)19-14-4-5-15(20-2)16(9-14)21-3/h4-10,19H,1-3H3. The van der Waals surface area contributed by atoms with Gasteiger partial charge in [-0.25, -0.2) is 8.78 Å². The number of hydrogen-bond acceptors (Lipinski definition) is 3. The molecule has 0 bridgehead atoms. The summed E-state index contributed by atoms with van der Waals surface area (Å²) in [5.74, 6) is 0.0181. The van der Waals surface area contributed by atoms with Crippen LogP contribution in [-0.2, 0) is 0 Å². The molecule has 1 atom stereocenters. The topological polar surface area (TPSA) is 30.5 Å². The van der Waals surface area contributed by atoms with Gasteiger partial charge in [0.25, 0.3) is 0 Å². The fraction of sp³-hybridized carbons (Fsp3) is 0.250. The molecule has 3 nitrogen and oxygen atoms in total. The van der Waals surface area contributed by atoms with Crippen molar-refractivity contribution in [2.45, 2.75) is 13.0 Å². The average molecular weight is 293 g/mol. The maximum absolute atomic E-state index is 13.2. The van der Waals surface area contributed by atoms with E-state index in [1.54, 1.807) is 26.4 Å². The van der Waals surface area contributed by atoms with E-state index in [0.717, 1.165) is 11.8 Å². The Morgan fingerprint density at radius 2 is 1.52 bits per heavy atom. The van der Waals surface area contributed by atoms with E-state index in [1.807, 2.05) is 13.0 Å². The highest BCUT2D eigenvalue weighted by molar-refractivity contribution is 5.55. The second kappa shape index (κ2) is 6.43. The molecule has 0 radical (unpaired) electrons. The van der Waals surface area contributed by atoms with Crippen LogP contribution in [0.15, 0.2) is 36.4 Å². The van der Waals surface area contributed by atoms with Crippen molar-refractivity contribution in [2.75, 3.05) is 19.5 Å². The molecule has 5 heteroatoms. The SMILES string of the molecule is COc1ccc(NC(C)c2cc(F)cc(F)c2)cc1OC. The lowest BCUT2D eigenvalue weighted by molar-refractivity contribution is 0.355. The first-order valence-electron chi connectivity index (χ1n) is 6.48. The van der Waals surface area contributed by atoms with E-state index in [1.165, 1.54) is 12.1 Å². The fourth-order valence-corrected chi connectivity index (χ4v) is 2.08. The van der Waals surface area contributed by atoms with Crippen molar-refractivity contribution in [2.24, 2.45) is 0 Å². The molecule has 0 amide bonds. The molecule has 21 heavy (non-hydrogen) atoms. The van der Waals surface area contributed by atoms with Crippen molar-refractivity contribution in [1.29, 1.82) is 0 Å². The minimum atomic E-state index is -0.592. The first kappa shape index (κ1) is 15.1. The summed E-state index contributed by atoms with van der Waals surface area (Å²) in [6.45, 7) is 1.82. The Hall–Kier alpha value is -2.30. The third-order valence-electron chi connectivity index (χ3n) is 3.15. The second-order valence-electron chi connectivity index (χ2n) is 4.64. The zero-order valence-corrected chi connectivity index (χ0v) is 12.1. The Kier molecular flexibility index (Phi) is 4.62.